The normalized spacial score (nSPS) is 18.7. The minimum Gasteiger partial charge on any atom is -0.343 e. The fourth-order valence-electron chi connectivity index (χ4n) is 4.51. The first-order valence-corrected chi connectivity index (χ1v) is 10.7. The van der Waals surface area contributed by atoms with E-state index in [4.69, 9.17) is 0 Å². The maximum Gasteiger partial charge on any atom is 0.223 e. The zero-order valence-electron chi connectivity index (χ0n) is 16.7. The molecule has 2 saturated heterocycles. The third kappa shape index (κ3) is 4.62. The summed E-state index contributed by atoms with van der Waals surface area (Å²) in [4.78, 5) is 19.4. The standard InChI is InChI=1S/C24H31N3O/c28-23(26-14-7-8-15-26)13-16-25-17-19-27(20-18-25)24(21-9-3-1-4-10-21)22-11-5-2-6-12-22/h1-6,9-12,24H,7-8,13-20H2. The Morgan fingerprint density at radius 1 is 0.750 bits per heavy atom. The summed E-state index contributed by atoms with van der Waals surface area (Å²) in [5.41, 5.74) is 2.71. The van der Waals surface area contributed by atoms with Crippen molar-refractivity contribution in [1.82, 2.24) is 14.7 Å². The Labute approximate surface area is 168 Å². The molecule has 0 spiro atoms. The SMILES string of the molecule is O=C(CCN1CCN(C(c2ccccc2)c2ccccc2)CC1)N1CCCC1. The Bertz CT molecular complexity index is 695. The molecule has 2 aromatic rings. The van der Waals surface area contributed by atoms with Gasteiger partial charge in [0.15, 0.2) is 0 Å². The molecule has 0 aromatic heterocycles. The fourth-order valence-corrected chi connectivity index (χ4v) is 4.51. The minimum atomic E-state index is 0.302. The summed E-state index contributed by atoms with van der Waals surface area (Å²) in [5, 5.41) is 0. The van der Waals surface area contributed by atoms with E-state index in [1.807, 2.05) is 4.90 Å². The van der Waals surface area contributed by atoms with Gasteiger partial charge in [-0.25, -0.2) is 0 Å². The molecule has 28 heavy (non-hydrogen) atoms. The van der Waals surface area contributed by atoms with Crippen LogP contribution in [0.5, 0.6) is 0 Å². The number of carbonyl (C=O) groups is 1. The summed E-state index contributed by atoms with van der Waals surface area (Å²) in [6.45, 7) is 6.95. The van der Waals surface area contributed by atoms with Crippen LogP contribution in [0.4, 0.5) is 0 Å². The van der Waals surface area contributed by atoms with Crippen molar-refractivity contribution < 1.29 is 4.79 Å². The molecule has 0 aliphatic carbocycles. The molecule has 2 aliphatic heterocycles. The molecule has 0 saturated carbocycles. The molecule has 4 rings (SSSR count). The molecule has 0 atom stereocenters. The third-order valence-corrected chi connectivity index (χ3v) is 6.10. The van der Waals surface area contributed by atoms with E-state index in [-0.39, 0.29) is 0 Å². The van der Waals surface area contributed by atoms with Gasteiger partial charge in [-0.2, -0.15) is 0 Å². The van der Waals surface area contributed by atoms with E-state index in [0.29, 0.717) is 18.4 Å². The third-order valence-electron chi connectivity index (χ3n) is 6.10. The van der Waals surface area contributed by atoms with Gasteiger partial charge in [-0.3, -0.25) is 9.69 Å². The Morgan fingerprint density at radius 2 is 1.29 bits per heavy atom. The highest BCUT2D eigenvalue weighted by molar-refractivity contribution is 5.76. The number of piperazine rings is 1. The van der Waals surface area contributed by atoms with E-state index >= 15 is 0 Å². The van der Waals surface area contributed by atoms with Gasteiger partial charge in [-0.05, 0) is 24.0 Å². The second kappa shape index (κ2) is 9.35. The Balaban J connectivity index is 1.36. The van der Waals surface area contributed by atoms with Crippen molar-refractivity contribution in [2.75, 3.05) is 45.8 Å². The van der Waals surface area contributed by atoms with Crippen molar-refractivity contribution in [2.24, 2.45) is 0 Å². The number of hydrogen-bond donors (Lipinski definition) is 0. The van der Waals surface area contributed by atoms with Crippen LogP contribution in [0.2, 0.25) is 0 Å². The predicted molar refractivity (Wildman–Crippen MR) is 113 cm³/mol. The second-order valence-corrected chi connectivity index (χ2v) is 7.94. The molecule has 0 unspecified atom stereocenters. The van der Waals surface area contributed by atoms with Gasteiger partial charge in [0.25, 0.3) is 0 Å². The van der Waals surface area contributed by atoms with E-state index in [2.05, 4.69) is 70.5 Å². The molecule has 0 radical (unpaired) electrons. The minimum absolute atomic E-state index is 0.302. The number of benzene rings is 2. The number of rotatable bonds is 6. The van der Waals surface area contributed by atoms with Crippen molar-refractivity contribution in [3.05, 3.63) is 71.8 Å². The van der Waals surface area contributed by atoms with Gasteiger partial charge < -0.3 is 9.80 Å². The van der Waals surface area contributed by atoms with Gasteiger partial charge in [0, 0.05) is 52.2 Å². The van der Waals surface area contributed by atoms with Crippen LogP contribution in [-0.2, 0) is 4.79 Å². The molecule has 148 valence electrons. The van der Waals surface area contributed by atoms with Crippen molar-refractivity contribution in [3.8, 4) is 0 Å². The maximum atomic E-state index is 12.3. The summed E-state index contributed by atoms with van der Waals surface area (Å²) < 4.78 is 0. The highest BCUT2D eigenvalue weighted by Gasteiger charge is 2.27. The van der Waals surface area contributed by atoms with Crippen molar-refractivity contribution >= 4 is 5.91 Å². The molecule has 2 aromatic carbocycles. The summed E-state index contributed by atoms with van der Waals surface area (Å²) in [5.74, 6) is 0.339. The van der Waals surface area contributed by atoms with E-state index in [9.17, 15) is 4.79 Å². The van der Waals surface area contributed by atoms with Crippen LogP contribution < -0.4 is 0 Å². The topological polar surface area (TPSA) is 26.8 Å². The van der Waals surface area contributed by atoms with Crippen LogP contribution in [0.25, 0.3) is 0 Å². The Hall–Kier alpha value is -2.17. The van der Waals surface area contributed by atoms with Gasteiger partial charge >= 0.3 is 0 Å². The number of carbonyl (C=O) groups excluding carboxylic acids is 1. The average molecular weight is 378 g/mol. The van der Waals surface area contributed by atoms with Crippen LogP contribution in [0.3, 0.4) is 0 Å². The fraction of sp³-hybridized carbons (Fsp3) is 0.458. The number of likely N-dealkylation sites (tertiary alicyclic amines) is 1. The first-order chi connectivity index (χ1) is 13.8. The molecule has 2 aliphatic rings. The lowest BCUT2D eigenvalue weighted by Gasteiger charge is -2.39. The zero-order chi connectivity index (χ0) is 19.2. The van der Waals surface area contributed by atoms with Gasteiger partial charge in [0.05, 0.1) is 6.04 Å². The molecule has 2 heterocycles. The summed E-state index contributed by atoms with van der Waals surface area (Å²) in [6, 6.07) is 21.9. The smallest absolute Gasteiger partial charge is 0.223 e. The Morgan fingerprint density at radius 3 is 1.82 bits per heavy atom. The summed E-state index contributed by atoms with van der Waals surface area (Å²) in [6.07, 6.45) is 3.01. The lowest BCUT2D eigenvalue weighted by atomic mass is 9.96. The first kappa shape index (κ1) is 19.2. The molecule has 2 fully saturated rings. The van der Waals surface area contributed by atoms with E-state index in [0.717, 1.165) is 45.8 Å². The largest absolute Gasteiger partial charge is 0.343 e. The van der Waals surface area contributed by atoms with Crippen molar-refractivity contribution in [2.45, 2.75) is 25.3 Å². The lowest BCUT2D eigenvalue weighted by Crippen LogP contribution is -2.48. The van der Waals surface area contributed by atoms with Gasteiger partial charge in [0.1, 0.15) is 0 Å². The quantitative estimate of drug-likeness (QED) is 0.772. The van der Waals surface area contributed by atoms with E-state index in [1.165, 1.54) is 24.0 Å². The monoisotopic (exact) mass is 377 g/mol. The van der Waals surface area contributed by atoms with Crippen LogP contribution in [0.1, 0.15) is 36.4 Å². The molecular formula is C24H31N3O. The summed E-state index contributed by atoms with van der Waals surface area (Å²) in [7, 11) is 0. The van der Waals surface area contributed by atoms with Crippen LogP contribution in [0.15, 0.2) is 60.7 Å². The predicted octanol–water partition coefficient (Wildman–Crippen LogP) is 3.41. The van der Waals surface area contributed by atoms with Crippen LogP contribution in [0, 0.1) is 0 Å². The number of nitrogens with zero attached hydrogens (tertiary/aromatic N) is 3. The van der Waals surface area contributed by atoms with E-state index < -0.39 is 0 Å². The maximum absolute atomic E-state index is 12.3. The van der Waals surface area contributed by atoms with Crippen molar-refractivity contribution in [3.63, 3.8) is 0 Å². The molecule has 4 heteroatoms. The zero-order valence-corrected chi connectivity index (χ0v) is 16.7. The first-order valence-electron chi connectivity index (χ1n) is 10.7. The second-order valence-electron chi connectivity index (χ2n) is 7.94. The highest BCUT2D eigenvalue weighted by Crippen LogP contribution is 2.29. The summed E-state index contributed by atoms with van der Waals surface area (Å²) >= 11 is 0. The molecule has 0 N–H and O–H groups in total. The van der Waals surface area contributed by atoms with Gasteiger partial charge in [-0.1, -0.05) is 60.7 Å². The highest BCUT2D eigenvalue weighted by atomic mass is 16.2. The lowest BCUT2D eigenvalue weighted by molar-refractivity contribution is -0.130. The molecule has 0 bridgehead atoms. The molecule has 1 amide bonds. The van der Waals surface area contributed by atoms with E-state index in [1.54, 1.807) is 0 Å². The van der Waals surface area contributed by atoms with Crippen molar-refractivity contribution in [1.29, 1.82) is 0 Å². The van der Waals surface area contributed by atoms with Crippen LogP contribution >= 0.6 is 0 Å². The molecular weight excluding hydrogens is 346 g/mol. The van der Waals surface area contributed by atoms with Gasteiger partial charge in [0.2, 0.25) is 5.91 Å². The molecule has 4 nitrogen and oxygen atoms in total. The van der Waals surface area contributed by atoms with Gasteiger partial charge in [-0.15, -0.1) is 0 Å². The Kier molecular flexibility index (Phi) is 6.40. The van der Waals surface area contributed by atoms with Crippen LogP contribution in [-0.4, -0.2) is 66.4 Å². The number of amides is 1. The average Bonchev–Trinajstić information content (AvgIpc) is 3.30. The number of hydrogen-bond acceptors (Lipinski definition) is 3.